The molecule has 0 aliphatic carbocycles. The number of anilines is 1. The highest BCUT2D eigenvalue weighted by Crippen LogP contribution is 2.38. The molecule has 9 nitrogen and oxygen atoms in total. The summed E-state index contributed by atoms with van der Waals surface area (Å²) in [5.74, 6) is 5.08. The van der Waals surface area contributed by atoms with Crippen LogP contribution in [0.15, 0.2) is 81.1 Å². The zero-order valence-electron chi connectivity index (χ0n) is 19.1. The Morgan fingerprint density at radius 3 is 2.53 bits per heavy atom. The molecule has 172 valence electrons. The fourth-order valence-corrected chi connectivity index (χ4v) is 3.62. The molecule has 0 saturated heterocycles. The summed E-state index contributed by atoms with van der Waals surface area (Å²) in [7, 11) is 0. The molecule has 0 spiro atoms. The van der Waals surface area contributed by atoms with E-state index in [9.17, 15) is 9.90 Å². The van der Waals surface area contributed by atoms with Crippen LogP contribution in [0.2, 0.25) is 0 Å². The Morgan fingerprint density at radius 2 is 1.79 bits per heavy atom. The van der Waals surface area contributed by atoms with Crippen LogP contribution in [0.5, 0.6) is 5.75 Å². The van der Waals surface area contributed by atoms with Crippen molar-refractivity contribution in [3.05, 3.63) is 77.4 Å². The van der Waals surface area contributed by atoms with E-state index in [1.165, 1.54) is 5.01 Å². The summed E-state index contributed by atoms with van der Waals surface area (Å²) in [6.07, 6.45) is 0. The molecule has 1 aliphatic rings. The van der Waals surface area contributed by atoms with Gasteiger partial charge in [0, 0.05) is 11.1 Å². The second-order valence-corrected chi connectivity index (χ2v) is 8.05. The lowest BCUT2D eigenvalue weighted by atomic mass is 10.0. The monoisotopic (exact) mass is 455 g/mol. The molecular weight excluding hydrogens is 430 g/mol. The third-order valence-electron chi connectivity index (χ3n) is 5.74. The predicted octanol–water partition coefficient (Wildman–Crippen LogP) is 4.13. The Morgan fingerprint density at radius 1 is 1.03 bits per heavy atom. The molecule has 1 atom stereocenters. The Hall–Kier alpha value is -4.53. The van der Waals surface area contributed by atoms with Gasteiger partial charge in [0.2, 0.25) is 0 Å². The van der Waals surface area contributed by atoms with Crippen molar-refractivity contribution in [2.24, 2.45) is 32.0 Å². The average molecular weight is 456 g/mol. The minimum Gasteiger partial charge on any atom is -0.505 e. The van der Waals surface area contributed by atoms with E-state index in [1.807, 2.05) is 38.1 Å². The maximum Gasteiger partial charge on any atom is 0.280 e. The summed E-state index contributed by atoms with van der Waals surface area (Å²) >= 11 is 0. The minimum atomic E-state index is -0.867. The number of phenols is 1. The molecule has 9 heteroatoms. The van der Waals surface area contributed by atoms with Crippen molar-refractivity contribution in [1.29, 1.82) is 0 Å². The minimum absolute atomic E-state index is 0.0716. The van der Waals surface area contributed by atoms with Crippen molar-refractivity contribution in [2.75, 3.05) is 5.01 Å². The number of azo groups is 1. The van der Waals surface area contributed by atoms with Crippen molar-refractivity contribution in [2.45, 2.75) is 26.8 Å². The number of amidine groups is 1. The number of hydrogen-bond acceptors (Lipinski definition) is 7. The molecular formula is C25H25N7O2. The van der Waals surface area contributed by atoms with Gasteiger partial charge in [0.1, 0.15) is 11.5 Å². The molecule has 0 radical (unpaired) electrons. The Bertz CT molecular complexity index is 1360. The molecule has 4 rings (SSSR count). The maximum absolute atomic E-state index is 13.0. The molecule has 34 heavy (non-hydrogen) atoms. The lowest BCUT2D eigenvalue weighted by Gasteiger charge is -2.14. The van der Waals surface area contributed by atoms with Crippen LogP contribution in [0.25, 0.3) is 11.1 Å². The van der Waals surface area contributed by atoms with Crippen LogP contribution in [0, 0.1) is 13.8 Å². The van der Waals surface area contributed by atoms with Crippen LogP contribution in [-0.2, 0) is 4.79 Å². The van der Waals surface area contributed by atoms with Crippen LogP contribution in [0.3, 0.4) is 0 Å². The summed E-state index contributed by atoms with van der Waals surface area (Å²) in [6.45, 7) is 5.72. The van der Waals surface area contributed by atoms with E-state index in [0.29, 0.717) is 28.1 Å². The summed E-state index contributed by atoms with van der Waals surface area (Å²) < 4.78 is 0. The number of nitrogens with two attached hydrogens (primary N) is 2. The lowest BCUT2D eigenvalue weighted by molar-refractivity contribution is -0.117. The number of benzene rings is 3. The molecule has 1 aliphatic heterocycles. The molecule has 1 unspecified atom stereocenters. The molecule has 3 aromatic carbocycles. The molecule has 1 amide bonds. The molecule has 0 fully saturated rings. The highest BCUT2D eigenvalue weighted by atomic mass is 16.3. The first-order valence-electron chi connectivity index (χ1n) is 10.6. The van der Waals surface area contributed by atoms with E-state index in [-0.39, 0.29) is 23.2 Å². The summed E-state index contributed by atoms with van der Waals surface area (Å²) in [5.41, 5.74) is 11.3. The van der Waals surface area contributed by atoms with Gasteiger partial charge in [-0.3, -0.25) is 4.79 Å². The normalized spacial score (nSPS) is 16.4. The lowest BCUT2D eigenvalue weighted by Crippen LogP contribution is -2.29. The Labute approximate surface area is 197 Å². The van der Waals surface area contributed by atoms with E-state index >= 15 is 0 Å². The summed E-state index contributed by atoms with van der Waals surface area (Å²) in [6, 6.07) is 17.1. The first-order chi connectivity index (χ1) is 16.3. The number of carbonyl (C=O) groups is 1. The Kier molecular flexibility index (Phi) is 6.09. The van der Waals surface area contributed by atoms with Gasteiger partial charge >= 0.3 is 0 Å². The van der Waals surface area contributed by atoms with Gasteiger partial charge in [-0.05, 0) is 61.7 Å². The van der Waals surface area contributed by atoms with Crippen molar-refractivity contribution in [3.8, 4) is 16.9 Å². The average Bonchev–Trinajstić information content (AvgIpc) is 3.12. The van der Waals surface area contributed by atoms with Crippen molar-refractivity contribution in [1.82, 2.24) is 0 Å². The Balaban J connectivity index is 1.61. The van der Waals surface area contributed by atoms with E-state index in [1.54, 1.807) is 43.3 Å². The SMILES string of the molecule is CC1=NN(c2ccc(C)c(C)c2)C(=O)C1/N=N\c1cccc(-c2cccc(/C(N)=N/N)c2)c1O. The van der Waals surface area contributed by atoms with Crippen molar-refractivity contribution in [3.63, 3.8) is 0 Å². The number of aromatic hydroxyl groups is 1. The number of hydrazone groups is 2. The van der Waals surface area contributed by atoms with Crippen LogP contribution in [0.4, 0.5) is 11.4 Å². The van der Waals surface area contributed by atoms with Crippen molar-refractivity contribution < 1.29 is 9.90 Å². The first-order valence-corrected chi connectivity index (χ1v) is 10.6. The van der Waals surface area contributed by atoms with Gasteiger partial charge in [-0.25, -0.2) is 0 Å². The predicted molar refractivity (Wildman–Crippen MR) is 133 cm³/mol. The standard InChI is InChI=1S/C25H25N7O2/c1-14-10-11-19(12-15(14)2)32-25(34)22(16(3)31-32)30-29-21-9-5-8-20(23(21)33)17-6-4-7-18(13-17)24(26)28-27/h4-13,22,33H,27H2,1-3H3,(H2,26,28)/b30-29-. The molecule has 3 aromatic rings. The van der Waals surface area contributed by atoms with Crippen LogP contribution in [0.1, 0.15) is 23.6 Å². The fraction of sp³-hybridized carbons (Fsp3) is 0.160. The number of amides is 1. The first kappa shape index (κ1) is 22.7. The third kappa shape index (κ3) is 4.23. The number of phenolic OH excluding ortho intramolecular Hbond substituents is 1. The van der Waals surface area contributed by atoms with E-state index < -0.39 is 6.04 Å². The topological polar surface area (TPSA) is 142 Å². The zero-order valence-corrected chi connectivity index (χ0v) is 19.1. The smallest absolute Gasteiger partial charge is 0.280 e. The van der Waals surface area contributed by atoms with Gasteiger partial charge < -0.3 is 16.7 Å². The van der Waals surface area contributed by atoms with Gasteiger partial charge in [-0.1, -0.05) is 36.4 Å². The van der Waals surface area contributed by atoms with E-state index in [4.69, 9.17) is 11.6 Å². The summed E-state index contributed by atoms with van der Waals surface area (Å²) in [4.78, 5) is 13.0. The van der Waals surface area contributed by atoms with Crippen LogP contribution < -0.4 is 16.6 Å². The van der Waals surface area contributed by atoms with Gasteiger partial charge in [0.15, 0.2) is 11.8 Å². The van der Waals surface area contributed by atoms with Gasteiger partial charge in [-0.15, -0.1) is 0 Å². The highest BCUT2D eigenvalue weighted by molar-refractivity contribution is 6.18. The number of carbonyl (C=O) groups excluding carboxylic acids is 1. The van der Waals surface area contributed by atoms with Crippen molar-refractivity contribution >= 4 is 28.8 Å². The van der Waals surface area contributed by atoms with Gasteiger partial charge in [0.25, 0.3) is 5.91 Å². The zero-order chi connectivity index (χ0) is 24.4. The fourth-order valence-electron chi connectivity index (χ4n) is 3.62. The number of nitrogens with zero attached hydrogens (tertiary/aromatic N) is 5. The molecule has 0 aromatic heterocycles. The quantitative estimate of drug-likeness (QED) is 0.175. The second-order valence-electron chi connectivity index (χ2n) is 8.05. The number of aryl methyl sites for hydroxylation is 2. The maximum atomic E-state index is 13.0. The van der Waals surface area contributed by atoms with Crippen LogP contribution >= 0.6 is 0 Å². The molecule has 5 N–H and O–H groups in total. The number of rotatable bonds is 5. The molecule has 0 saturated carbocycles. The second kappa shape index (κ2) is 9.14. The van der Waals surface area contributed by atoms with E-state index in [0.717, 1.165) is 11.1 Å². The molecule has 1 heterocycles. The van der Waals surface area contributed by atoms with Crippen LogP contribution in [-0.4, -0.2) is 28.6 Å². The van der Waals surface area contributed by atoms with Gasteiger partial charge in [-0.2, -0.15) is 25.4 Å². The highest BCUT2D eigenvalue weighted by Gasteiger charge is 2.35. The number of para-hydroxylation sites is 1. The van der Waals surface area contributed by atoms with E-state index in [2.05, 4.69) is 20.4 Å². The molecule has 0 bridgehead atoms. The number of hydrogen-bond donors (Lipinski definition) is 3. The van der Waals surface area contributed by atoms with Gasteiger partial charge in [0.05, 0.1) is 11.4 Å². The largest absolute Gasteiger partial charge is 0.505 e. The third-order valence-corrected chi connectivity index (χ3v) is 5.74. The summed E-state index contributed by atoms with van der Waals surface area (Å²) in [5, 5.41) is 28.5.